The van der Waals surface area contributed by atoms with E-state index < -0.39 is 0 Å². The number of thiophene rings is 1. The minimum atomic E-state index is 0.750. The molecular formula is C20H27ClN2S. The molecule has 3 rings (SSSR count). The summed E-state index contributed by atoms with van der Waals surface area (Å²) in [5.41, 5.74) is 7.14. The summed E-state index contributed by atoms with van der Waals surface area (Å²) in [6, 6.07) is 12.6. The molecule has 1 saturated carbocycles. The first-order valence-corrected chi connectivity index (χ1v) is 10.2. The number of hydrogen-bond acceptors (Lipinski definition) is 3. The van der Waals surface area contributed by atoms with Gasteiger partial charge in [0, 0.05) is 29.5 Å². The van der Waals surface area contributed by atoms with Crippen molar-refractivity contribution in [2.45, 2.75) is 38.8 Å². The van der Waals surface area contributed by atoms with Crippen LogP contribution in [0, 0.1) is 11.8 Å². The molecule has 130 valence electrons. The van der Waals surface area contributed by atoms with Crippen molar-refractivity contribution in [2.75, 3.05) is 13.1 Å². The van der Waals surface area contributed by atoms with Crippen LogP contribution in [0.15, 0.2) is 41.8 Å². The molecule has 0 radical (unpaired) electrons. The van der Waals surface area contributed by atoms with Crippen LogP contribution in [0.4, 0.5) is 0 Å². The molecule has 0 saturated heterocycles. The standard InChI is InChI=1S/C20H27ClN2S/c21-19-4-1-3-18(11-19)14-23(15-20-5-2-10-24-20)13-17-8-6-16(12-22)7-9-17/h1-5,10-11,16-17H,6-9,12-15,22H2. The summed E-state index contributed by atoms with van der Waals surface area (Å²) in [7, 11) is 0. The van der Waals surface area contributed by atoms with Crippen LogP contribution in [0.2, 0.25) is 5.02 Å². The third-order valence-corrected chi connectivity index (χ3v) is 6.17. The smallest absolute Gasteiger partial charge is 0.0409 e. The maximum absolute atomic E-state index is 6.17. The van der Waals surface area contributed by atoms with Gasteiger partial charge < -0.3 is 5.73 Å². The highest BCUT2D eigenvalue weighted by Gasteiger charge is 2.22. The van der Waals surface area contributed by atoms with Gasteiger partial charge in [0.2, 0.25) is 0 Å². The first kappa shape index (κ1) is 17.9. The zero-order valence-electron chi connectivity index (χ0n) is 14.2. The molecular weight excluding hydrogens is 336 g/mol. The predicted octanol–water partition coefficient (Wildman–Crippen LogP) is 5.17. The Kier molecular flexibility index (Phi) is 6.73. The van der Waals surface area contributed by atoms with E-state index in [-0.39, 0.29) is 0 Å². The highest BCUT2D eigenvalue weighted by molar-refractivity contribution is 7.09. The van der Waals surface area contributed by atoms with Gasteiger partial charge in [-0.2, -0.15) is 0 Å². The van der Waals surface area contributed by atoms with E-state index in [1.54, 1.807) is 0 Å². The lowest BCUT2D eigenvalue weighted by atomic mass is 9.82. The molecule has 24 heavy (non-hydrogen) atoms. The van der Waals surface area contributed by atoms with Gasteiger partial charge in [-0.1, -0.05) is 29.8 Å². The second kappa shape index (κ2) is 9.00. The monoisotopic (exact) mass is 362 g/mol. The summed E-state index contributed by atoms with van der Waals surface area (Å²) in [6.45, 7) is 4.02. The second-order valence-corrected chi connectivity index (χ2v) is 8.47. The summed E-state index contributed by atoms with van der Waals surface area (Å²) in [5, 5.41) is 2.99. The summed E-state index contributed by atoms with van der Waals surface area (Å²) < 4.78 is 0. The molecule has 0 unspecified atom stereocenters. The van der Waals surface area contributed by atoms with Crippen molar-refractivity contribution in [2.24, 2.45) is 17.6 Å². The third-order valence-electron chi connectivity index (χ3n) is 5.07. The van der Waals surface area contributed by atoms with Crippen molar-refractivity contribution in [3.63, 3.8) is 0 Å². The summed E-state index contributed by atoms with van der Waals surface area (Å²) in [5.74, 6) is 1.55. The minimum Gasteiger partial charge on any atom is -0.330 e. The van der Waals surface area contributed by atoms with Gasteiger partial charge in [-0.25, -0.2) is 0 Å². The maximum Gasteiger partial charge on any atom is 0.0409 e. The number of benzene rings is 1. The Bertz CT molecular complexity index is 606. The quantitative estimate of drug-likeness (QED) is 0.736. The van der Waals surface area contributed by atoms with Crippen LogP contribution in [-0.2, 0) is 13.1 Å². The Labute approximate surface area is 154 Å². The molecule has 0 atom stereocenters. The first-order chi connectivity index (χ1) is 11.7. The number of nitrogens with two attached hydrogens (primary N) is 1. The minimum absolute atomic E-state index is 0.750. The van der Waals surface area contributed by atoms with E-state index >= 15 is 0 Å². The fourth-order valence-corrected chi connectivity index (χ4v) is 4.68. The molecule has 0 amide bonds. The zero-order chi connectivity index (χ0) is 16.8. The van der Waals surface area contributed by atoms with E-state index in [2.05, 4.69) is 34.5 Å². The van der Waals surface area contributed by atoms with Gasteiger partial charge in [0.15, 0.2) is 0 Å². The van der Waals surface area contributed by atoms with Crippen molar-refractivity contribution in [3.05, 3.63) is 57.2 Å². The normalized spacial score (nSPS) is 21.3. The zero-order valence-corrected chi connectivity index (χ0v) is 15.7. The highest BCUT2D eigenvalue weighted by Crippen LogP contribution is 2.29. The van der Waals surface area contributed by atoms with Crippen molar-refractivity contribution in [1.82, 2.24) is 4.90 Å². The van der Waals surface area contributed by atoms with Gasteiger partial charge in [-0.3, -0.25) is 4.90 Å². The molecule has 1 heterocycles. The van der Waals surface area contributed by atoms with E-state index in [0.717, 1.165) is 36.5 Å². The molecule has 2 aromatic rings. The average molecular weight is 363 g/mol. The summed E-state index contributed by atoms with van der Waals surface area (Å²) >= 11 is 8.01. The first-order valence-electron chi connectivity index (χ1n) is 8.92. The average Bonchev–Trinajstić information content (AvgIpc) is 3.08. The topological polar surface area (TPSA) is 29.3 Å². The summed E-state index contributed by atoms with van der Waals surface area (Å²) in [4.78, 5) is 4.03. The molecule has 1 fully saturated rings. The lowest BCUT2D eigenvalue weighted by molar-refractivity contribution is 0.171. The Hall–Kier alpha value is -0.870. The fourth-order valence-electron chi connectivity index (χ4n) is 3.72. The van der Waals surface area contributed by atoms with E-state index in [0.29, 0.717) is 0 Å². The largest absolute Gasteiger partial charge is 0.330 e. The molecule has 4 heteroatoms. The molecule has 1 aromatic carbocycles. The Morgan fingerprint density at radius 2 is 1.83 bits per heavy atom. The van der Waals surface area contributed by atoms with E-state index in [1.807, 2.05) is 23.5 Å². The van der Waals surface area contributed by atoms with Crippen molar-refractivity contribution < 1.29 is 0 Å². The number of hydrogen-bond donors (Lipinski definition) is 1. The number of nitrogens with zero attached hydrogens (tertiary/aromatic N) is 1. The van der Waals surface area contributed by atoms with Crippen molar-refractivity contribution in [3.8, 4) is 0 Å². The molecule has 0 spiro atoms. The molecule has 1 aliphatic carbocycles. The van der Waals surface area contributed by atoms with Crippen LogP contribution in [0.5, 0.6) is 0 Å². The Morgan fingerprint density at radius 3 is 2.50 bits per heavy atom. The lowest BCUT2D eigenvalue weighted by Gasteiger charge is -2.32. The molecule has 0 bridgehead atoms. The van der Waals surface area contributed by atoms with Gasteiger partial charge in [-0.05, 0) is 73.2 Å². The van der Waals surface area contributed by atoms with E-state index in [4.69, 9.17) is 17.3 Å². The van der Waals surface area contributed by atoms with Crippen LogP contribution >= 0.6 is 22.9 Å². The van der Waals surface area contributed by atoms with E-state index in [1.165, 1.54) is 42.7 Å². The van der Waals surface area contributed by atoms with Gasteiger partial charge in [0.25, 0.3) is 0 Å². The number of halogens is 1. The maximum atomic E-state index is 6.17. The molecule has 0 aliphatic heterocycles. The van der Waals surface area contributed by atoms with E-state index in [9.17, 15) is 0 Å². The Morgan fingerprint density at radius 1 is 1.04 bits per heavy atom. The van der Waals surface area contributed by atoms with Gasteiger partial charge in [0.05, 0.1) is 0 Å². The van der Waals surface area contributed by atoms with Crippen LogP contribution < -0.4 is 5.73 Å². The van der Waals surface area contributed by atoms with Crippen LogP contribution in [-0.4, -0.2) is 18.0 Å². The number of rotatable bonds is 7. The van der Waals surface area contributed by atoms with Gasteiger partial charge in [-0.15, -0.1) is 11.3 Å². The van der Waals surface area contributed by atoms with Gasteiger partial charge >= 0.3 is 0 Å². The van der Waals surface area contributed by atoms with Crippen molar-refractivity contribution >= 4 is 22.9 Å². The lowest BCUT2D eigenvalue weighted by Crippen LogP contribution is -2.32. The van der Waals surface area contributed by atoms with Crippen LogP contribution in [0.3, 0.4) is 0 Å². The predicted molar refractivity (Wildman–Crippen MR) is 104 cm³/mol. The summed E-state index contributed by atoms with van der Waals surface area (Å²) in [6.07, 6.45) is 5.23. The van der Waals surface area contributed by atoms with Crippen LogP contribution in [0.1, 0.15) is 36.1 Å². The van der Waals surface area contributed by atoms with Gasteiger partial charge in [0.1, 0.15) is 0 Å². The van der Waals surface area contributed by atoms with Crippen LogP contribution in [0.25, 0.3) is 0 Å². The molecule has 1 aromatic heterocycles. The molecule has 1 aliphatic rings. The second-order valence-electron chi connectivity index (χ2n) is 7.00. The Balaban J connectivity index is 1.63. The molecule has 2 N–H and O–H groups in total. The fraction of sp³-hybridized carbons (Fsp3) is 0.500. The third kappa shape index (κ3) is 5.32. The van der Waals surface area contributed by atoms with Crippen molar-refractivity contribution in [1.29, 1.82) is 0 Å². The highest BCUT2D eigenvalue weighted by atomic mass is 35.5. The molecule has 2 nitrogen and oxygen atoms in total. The SMILES string of the molecule is NCC1CCC(CN(Cc2cccc(Cl)c2)Cc2cccs2)CC1.